The van der Waals surface area contributed by atoms with Gasteiger partial charge in [-0.05, 0) is 24.1 Å². The molecule has 5 nitrogen and oxygen atoms in total. The number of hydrogen-bond donors (Lipinski definition) is 0. The van der Waals surface area contributed by atoms with E-state index in [1.54, 1.807) is 24.3 Å². The number of nitrogens with zero attached hydrogens (tertiary/aromatic N) is 3. The van der Waals surface area contributed by atoms with E-state index in [1.165, 1.54) is 4.68 Å². The summed E-state index contributed by atoms with van der Waals surface area (Å²) in [5, 5.41) is 12.8. The third kappa shape index (κ3) is 2.66. The molecular weight excluding hydrogens is 230 g/mol. The summed E-state index contributed by atoms with van der Waals surface area (Å²) in [6, 6.07) is 9.09. The maximum absolute atomic E-state index is 11.5. The van der Waals surface area contributed by atoms with Crippen LogP contribution in [0, 0.1) is 11.3 Å². The molecule has 0 bridgehead atoms. The molecule has 0 aliphatic rings. The van der Waals surface area contributed by atoms with Crippen molar-refractivity contribution < 1.29 is 4.42 Å². The molecule has 0 unspecified atom stereocenters. The minimum absolute atomic E-state index is 0.359. The van der Waals surface area contributed by atoms with E-state index < -0.39 is 5.76 Å². The van der Waals surface area contributed by atoms with Crippen LogP contribution < -0.4 is 5.76 Å². The van der Waals surface area contributed by atoms with Gasteiger partial charge >= 0.3 is 5.76 Å². The van der Waals surface area contributed by atoms with Crippen LogP contribution in [0.3, 0.4) is 0 Å². The molecule has 0 N–H and O–H groups in total. The van der Waals surface area contributed by atoms with E-state index in [-0.39, 0.29) is 0 Å². The molecule has 92 valence electrons. The van der Waals surface area contributed by atoms with E-state index in [9.17, 15) is 4.79 Å². The Morgan fingerprint density at radius 2 is 2.11 bits per heavy atom. The Labute approximate surface area is 104 Å². The molecule has 2 aromatic rings. The van der Waals surface area contributed by atoms with Gasteiger partial charge in [-0.25, -0.2) is 4.79 Å². The molecule has 5 heteroatoms. The van der Waals surface area contributed by atoms with Crippen LogP contribution >= 0.6 is 0 Å². The van der Waals surface area contributed by atoms with Crippen molar-refractivity contribution in [3.8, 4) is 6.07 Å². The molecule has 0 atom stereocenters. The van der Waals surface area contributed by atoms with Crippen LogP contribution in [0.25, 0.3) is 0 Å². The largest absolute Gasteiger partial charge is 0.437 e. The highest BCUT2D eigenvalue weighted by Crippen LogP contribution is 2.05. The van der Waals surface area contributed by atoms with Crippen LogP contribution in [0.5, 0.6) is 0 Å². The monoisotopic (exact) mass is 243 g/mol. The summed E-state index contributed by atoms with van der Waals surface area (Å²) in [7, 11) is 0. The first-order valence-corrected chi connectivity index (χ1v) is 5.79. The summed E-state index contributed by atoms with van der Waals surface area (Å²) in [5.41, 5.74) is 1.50. The van der Waals surface area contributed by atoms with E-state index >= 15 is 0 Å². The standard InChI is InChI=1S/C13H13N3O2/c1-2-3-12-15-16(13(17)18-12)9-11-6-4-10(8-14)5-7-11/h4-7H,2-3,9H2,1H3. The zero-order valence-corrected chi connectivity index (χ0v) is 10.1. The minimum atomic E-state index is -0.442. The average Bonchev–Trinajstić information content (AvgIpc) is 2.71. The van der Waals surface area contributed by atoms with Gasteiger partial charge in [-0.3, -0.25) is 0 Å². The first-order chi connectivity index (χ1) is 8.72. The lowest BCUT2D eigenvalue weighted by atomic mass is 10.1. The Bertz CT molecular complexity index is 617. The molecule has 0 amide bonds. The first kappa shape index (κ1) is 12.1. The highest BCUT2D eigenvalue weighted by molar-refractivity contribution is 5.31. The van der Waals surface area contributed by atoms with E-state index in [1.807, 2.05) is 13.0 Å². The molecule has 2 rings (SSSR count). The second kappa shape index (κ2) is 5.32. The Morgan fingerprint density at radius 3 is 2.72 bits per heavy atom. The highest BCUT2D eigenvalue weighted by Gasteiger charge is 2.07. The highest BCUT2D eigenvalue weighted by atomic mass is 16.4. The number of hydrogen-bond acceptors (Lipinski definition) is 4. The zero-order valence-electron chi connectivity index (χ0n) is 10.1. The predicted octanol–water partition coefficient (Wildman–Crippen LogP) is 1.71. The molecule has 0 aliphatic heterocycles. The van der Waals surface area contributed by atoms with Crippen LogP contribution in [-0.2, 0) is 13.0 Å². The van der Waals surface area contributed by atoms with E-state index in [4.69, 9.17) is 9.68 Å². The molecule has 0 aliphatic carbocycles. The van der Waals surface area contributed by atoms with Gasteiger partial charge in [-0.1, -0.05) is 19.1 Å². The van der Waals surface area contributed by atoms with Crippen molar-refractivity contribution >= 4 is 0 Å². The number of benzene rings is 1. The lowest BCUT2D eigenvalue weighted by molar-refractivity contribution is 0.448. The van der Waals surface area contributed by atoms with Crippen LogP contribution in [-0.4, -0.2) is 9.78 Å². The number of aryl methyl sites for hydroxylation is 1. The van der Waals surface area contributed by atoms with Gasteiger partial charge in [0.25, 0.3) is 0 Å². The smallest absolute Gasteiger partial charge is 0.392 e. The topological polar surface area (TPSA) is 71.8 Å². The first-order valence-electron chi connectivity index (χ1n) is 5.79. The Hall–Kier alpha value is -2.35. The minimum Gasteiger partial charge on any atom is -0.392 e. The third-order valence-electron chi connectivity index (χ3n) is 2.53. The molecular formula is C13H13N3O2. The number of aromatic nitrogens is 2. The maximum Gasteiger partial charge on any atom is 0.437 e. The van der Waals surface area contributed by atoms with Crippen LogP contribution in [0.15, 0.2) is 33.5 Å². The normalized spacial score (nSPS) is 10.2. The van der Waals surface area contributed by atoms with E-state index in [2.05, 4.69) is 5.10 Å². The van der Waals surface area contributed by atoms with E-state index in [0.29, 0.717) is 24.4 Å². The van der Waals surface area contributed by atoms with E-state index in [0.717, 1.165) is 12.0 Å². The average molecular weight is 243 g/mol. The second-order valence-electron chi connectivity index (χ2n) is 3.98. The maximum atomic E-state index is 11.5. The summed E-state index contributed by atoms with van der Waals surface area (Å²) >= 11 is 0. The van der Waals surface area contributed by atoms with Gasteiger partial charge in [0.1, 0.15) is 0 Å². The fourth-order valence-corrected chi connectivity index (χ4v) is 1.62. The van der Waals surface area contributed by atoms with Crippen LogP contribution in [0.4, 0.5) is 0 Å². The van der Waals surface area contributed by atoms with Crippen molar-refractivity contribution in [3.63, 3.8) is 0 Å². The van der Waals surface area contributed by atoms with Crippen molar-refractivity contribution in [2.24, 2.45) is 0 Å². The Morgan fingerprint density at radius 1 is 1.39 bits per heavy atom. The zero-order chi connectivity index (χ0) is 13.0. The molecule has 1 aromatic carbocycles. The molecule has 0 fully saturated rings. The van der Waals surface area contributed by atoms with Crippen molar-refractivity contribution in [2.75, 3.05) is 0 Å². The predicted molar refractivity (Wildman–Crippen MR) is 65.0 cm³/mol. The lowest BCUT2D eigenvalue weighted by Crippen LogP contribution is -2.16. The van der Waals surface area contributed by atoms with Crippen molar-refractivity contribution in [2.45, 2.75) is 26.3 Å². The molecule has 0 saturated carbocycles. The van der Waals surface area contributed by atoms with Gasteiger partial charge < -0.3 is 4.42 Å². The fraction of sp³-hybridized carbons (Fsp3) is 0.308. The summed E-state index contributed by atoms with van der Waals surface area (Å²) < 4.78 is 6.31. The van der Waals surface area contributed by atoms with Crippen molar-refractivity contribution in [1.29, 1.82) is 5.26 Å². The van der Waals surface area contributed by atoms with Crippen molar-refractivity contribution in [3.05, 3.63) is 51.8 Å². The molecule has 18 heavy (non-hydrogen) atoms. The van der Waals surface area contributed by atoms with Gasteiger partial charge in [-0.2, -0.15) is 9.94 Å². The van der Waals surface area contributed by atoms with Gasteiger partial charge in [0, 0.05) is 6.42 Å². The van der Waals surface area contributed by atoms with Crippen LogP contribution in [0.1, 0.15) is 30.4 Å². The Kier molecular flexibility index (Phi) is 3.58. The SMILES string of the molecule is CCCc1nn(Cc2ccc(C#N)cc2)c(=O)o1. The molecule has 0 saturated heterocycles. The quantitative estimate of drug-likeness (QED) is 0.819. The Balaban J connectivity index is 2.18. The lowest BCUT2D eigenvalue weighted by Gasteiger charge is -1.99. The van der Waals surface area contributed by atoms with Gasteiger partial charge in [-0.15, -0.1) is 5.10 Å². The van der Waals surface area contributed by atoms with Gasteiger partial charge in [0.15, 0.2) is 0 Å². The number of nitriles is 1. The molecule has 0 radical (unpaired) electrons. The summed E-state index contributed by atoms with van der Waals surface area (Å²) in [5.74, 6) is 0.0268. The molecule has 1 heterocycles. The van der Waals surface area contributed by atoms with Crippen LogP contribution in [0.2, 0.25) is 0 Å². The molecule has 0 spiro atoms. The second-order valence-corrected chi connectivity index (χ2v) is 3.98. The van der Waals surface area contributed by atoms with Gasteiger partial charge in [0.05, 0.1) is 18.2 Å². The fourth-order valence-electron chi connectivity index (χ4n) is 1.62. The summed E-state index contributed by atoms with van der Waals surface area (Å²) in [4.78, 5) is 11.5. The summed E-state index contributed by atoms with van der Waals surface area (Å²) in [6.07, 6.45) is 1.55. The van der Waals surface area contributed by atoms with Crippen molar-refractivity contribution in [1.82, 2.24) is 9.78 Å². The number of rotatable bonds is 4. The summed E-state index contributed by atoms with van der Waals surface area (Å²) in [6.45, 7) is 2.36. The third-order valence-corrected chi connectivity index (χ3v) is 2.53. The molecule has 1 aromatic heterocycles. The van der Waals surface area contributed by atoms with Gasteiger partial charge in [0.2, 0.25) is 5.89 Å².